The molecular formula is C17H14ClF2NO3S. The SMILES string of the molecule is CS(=O)(=O)[C@H]1CCc2c(C(=O)Nc3ccc(F)c(Cl)c3)ccc(F)c21. The van der Waals surface area contributed by atoms with Crippen LogP contribution in [0.1, 0.15) is 33.2 Å². The molecule has 0 saturated carbocycles. The van der Waals surface area contributed by atoms with Crippen molar-refractivity contribution < 1.29 is 22.0 Å². The summed E-state index contributed by atoms with van der Waals surface area (Å²) >= 11 is 5.68. The fraction of sp³-hybridized carbons (Fsp3) is 0.235. The molecule has 0 aliphatic heterocycles. The van der Waals surface area contributed by atoms with Crippen molar-refractivity contribution in [1.29, 1.82) is 0 Å². The second-order valence-electron chi connectivity index (χ2n) is 5.93. The van der Waals surface area contributed by atoms with Gasteiger partial charge in [-0.1, -0.05) is 11.6 Å². The van der Waals surface area contributed by atoms with E-state index in [1.165, 1.54) is 18.2 Å². The van der Waals surface area contributed by atoms with Gasteiger partial charge in [0, 0.05) is 23.1 Å². The number of hydrogen-bond acceptors (Lipinski definition) is 3. The molecule has 0 spiro atoms. The number of sulfone groups is 1. The first-order valence-corrected chi connectivity index (χ1v) is 9.78. The van der Waals surface area contributed by atoms with E-state index in [0.717, 1.165) is 18.4 Å². The second kappa shape index (κ2) is 6.38. The summed E-state index contributed by atoms with van der Waals surface area (Å²) in [7, 11) is -3.48. The molecule has 0 bridgehead atoms. The molecule has 0 fully saturated rings. The van der Waals surface area contributed by atoms with E-state index >= 15 is 0 Å². The maximum atomic E-state index is 14.2. The molecule has 1 amide bonds. The number of carbonyl (C=O) groups excluding carboxylic acids is 1. The van der Waals surface area contributed by atoms with Gasteiger partial charge in [-0.2, -0.15) is 0 Å². The minimum atomic E-state index is -3.48. The number of anilines is 1. The van der Waals surface area contributed by atoms with Gasteiger partial charge >= 0.3 is 0 Å². The number of fused-ring (bicyclic) bond motifs is 1. The number of amides is 1. The van der Waals surface area contributed by atoms with Crippen LogP contribution in [0.25, 0.3) is 0 Å². The Bertz CT molecular complexity index is 976. The Morgan fingerprint density at radius 2 is 1.88 bits per heavy atom. The van der Waals surface area contributed by atoms with Crippen LogP contribution in [0, 0.1) is 11.6 Å². The van der Waals surface area contributed by atoms with Crippen LogP contribution in [0.15, 0.2) is 30.3 Å². The molecule has 4 nitrogen and oxygen atoms in total. The quantitative estimate of drug-likeness (QED) is 0.871. The molecule has 8 heteroatoms. The maximum absolute atomic E-state index is 14.2. The van der Waals surface area contributed by atoms with Crippen molar-refractivity contribution in [1.82, 2.24) is 0 Å². The number of hydrogen-bond donors (Lipinski definition) is 1. The van der Waals surface area contributed by atoms with Crippen molar-refractivity contribution in [2.75, 3.05) is 11.6 Å². The Morgan fingerprint density at radius 3 is 2.52 bits per heavy atom. The van der Waals surface area contributed by atoms with Crippen molar-refractivity contribution >= 4 is 33.0 Å². The first-order valence-electron chi connectivity index (χ1n) is 7.45. The van der Waals surface area contributed by atoms with Gasteiger partial charge in [-0.3, -0.25) is 4.79 Å². The summed E-state index contributed by atoms with van der Waals surface area (Å²) in [6.45, 7) is 0. The van der Waals surface area contributed by atoms with Gasteiger partial charge in [0.1, 0.15) is 11.6 Å². The highest BCUT2D eigenvalue weighted by Crippen LogP contribution is 2.40. The number of halogens is 3. The van der Waals surface area contributed by atoms with E-state index in [9.17, 15) is 22.0 Å². The summed E-state index contributed by atoms with van der Waals surface area (Å²) in [5.41, 5.74) is 0.934. The van der Waals surface area contributed by atoms with Crippen LogP contribution < -0.4 is 5.32 Å². The molecule has 2 aromatic carbocycles. The minimum Gasteiger partial charge on any atom is -0.322 e. The highest BCUT2D eigenvalue weighted by atomic mass is 35.5. The number of nitrogens with one attached hydrogen (secondary N) is 1. The van der Waals surface area contributed by atoms with Gasteiger partial charge in [0.15, 0.2) is 9.84 Å². The Hall–Kier alpha value is -1.99. The molecule has 1 atom stereocenters. The monoisotopic (exact) mass is 385 g/mol. The van der Waals surface area contributed by atoms with Crippen molar-refractivity contribution in [2.24, 2.45) is 0 Å². The van der Waals surface area contributed by atoms with Crippen LogP contribution in [0.2, 0.25) is 5.02 Å². The molecule has 0 saturated heterocycles. The molecule has 132 valence electrons. The van der Waals surface area contributed by atoms with Crippen LogP contribution in [-0.2, 0) is 16.3 Å². The maximum Gasteiger partial charge on any atom is 0.255 e. The summed E-state index contributed by atoms with van der Waals surface area (Å²) in [6, 6.07) is 6.14. The third kappa shape index (κ3) is 3.39. The summed E-state index contributed by atoms with van der Waals surface area (Å²) in [6.07, 6.45) is 1.58. The van der Waals surface area contributed by atoms with Gasteiger partial charge in [0.25, 0.3) is 5.91 Å². The predicted molar refractivity (Wildman–Crippen MR) is 91.7 cm³/mol. The van der Waals surface area contributed by atoms with E-state index in [2.05, 4.69) is 5.32 Å². The second-order valence-corrected chi connectivity index (χ2v) is 8.56. The zero-order valence-corrected chi connectivity index (χ0v) is 14.7. The first kappa shape index (κ1) is 17.8. The Labute approximate surface area is 148 Å². The molecule has 1 aliphatic rings. The van der Waals surface area contributed by atoms with Gasteiger partial charge in [0.05, 0.1) is 10.3 Å². The molecule has 3 rings (SSSR count). The standard InChI is InChI=1S/C17H14ClF2NO3S/c1-25(23,24)15-7-4-10-11(3-6-14(20)16(10)15)17(22)21-9-2-5-13(19)12(18)8-9/h2-3,5-6,8,15H,4,7H2,1H3,(H,21,22)/t15-/m0/s1. The smallest absolute Gasteiger partial charge is 0.255 e. The van der Waals surface area contributed by atoms with Crippen molar-refractivity contribution in [2.45, 2.75) is 18.1 Å². The molecule has 25 heavy (non-hydrogen) atoms. The van der Waals surface area contributed by atoms with E-state index in [1.54, 1.807) is 0 Å². The Balaban J connectivity index is 1.97. The molecule has 1 N–H and O–H groups in total. The molecule has 2 aromatic rings. The van der Waals surface area contributed by atoms with Gasteiger partial charge in [0.2, 0.25) is 0 Å². The highest BCUT2D eigenvalue weighted by Gasteiger charge is 2.35. The summed E-state index contributed by atoms with van der Waals surface area (Å²) in [4.78, 5) is 12.5. The van der Waals surface area contributed by atoms with Crippen LogP contribution in [-0.4, -0.2) is 20.6 Å². The van der Waals surface area contributed by atoms with E-state index in [4.69, 9.17) is 11.6 Å². The van der Waals surface area contributed by atoms with Crippen LogP contribution in [0.5, 0.6) is 0 Å². The van der Waals surface area contributed by atoms with E-state index < -0.39 is 32.6 Å². The lowest BCUT2D eigenvalue weighted by molar-refractivity contribution is 0.102. The van der Waals surface area contributed by atoms with Crippen molar-refractivity contribution in [3.63, 3.8) is 0 Å². The average Bonchev–Trinajstić information content (AvgIpc) is 2.97. The lowest BCUT2D eigenvalue weighted by Crippen LogP contribution is -2.16. The largest absolute Gasteiger partial charge is 0.322 e. The molecule has 0 radical (unpaired) electrons. The highest BCUT2D eigenvalue weighted by molar-refractivity contribution is 7.90. The number of benzene rings is 2. The molecule has 1 aliphatic carbocycles. The van der Waals surface area contributed by atoms with Gasteiger partial charge < -0.3 is 5.32 Å². The molecule has 0 heterocycles. The molecule has 0 unspecified atom stereocenters. The Kier molecular flexibility index (Phi) is 4.55. The first-order chi connectivity index (χ1) is 11.7. The average molecular weight is 386 g/mol. The van der Waals surface area contributed by atoms with E-state index in [1.807, 2.05) is 0 Å². The van der Waals surface area contributed by atoms with Gasteiger partial charge in [-0.05, 0) is 48.7 Å². The molecular weight excluding hydrogens is 372 g/mol. The van der Waals surface area contributed by atoms with E-state index in [-0.39, 0.29) is 34.7 Å². The molecule has 0 aromatic heterocycles. The number of carbonyl (C=O) groups is 1. The van der Waals surface area contributed by atoms with Gasteiger partial charge in [-0.15, -0.1) is 0 Å². The fourth-order valence-electron chi connectivity index (χ4n) is 3.09. The van der Waals surface area contributed by atoms with E-state index in [0.29, 0.717) is 5.56 Å². The van der Waals surface area contributed by atoms with Crippen LogP contribution in [0.4, 0.5) is 14.5 Å². The zero-order chi connectivity index (χ0) is 18.4. The number of rotatable bonds is 3. The normalized spacial score (nSPS) is 16.6. The fourth-order valence-corrected chi connectivity index (χ4v) is 4.50. The van der Waals surface area contributed by atoms with Crippen molar-refractivity contribution in [3.8, 4) is 0 Å². The topological polar surface area (TPSA) is 63.2 Å². The lowest BCUT2D eigenvalue weighted by Gasteiger charge is -2.13. The third-order valence-corrected chi connectivity index (χ3v) is 6.02. The predicted octanol–water partition coefficient (Wildman–Crippen LogP) is 3.90. The van der Waals surface area contributed by atoms with Crippen molar-refractivity contribution in [3.05, 3.63) is 63.7 Å². The summed E-state index contributed by atoms with van der Waals surface area (Å²) in [5, 5.41) is 1.48. The third-order valence-electron chi connectivity index (χ3n) is 4.22. The van der Waals surface area contributed by atoms with Crippen LogP contribution in [0.3, 0.4) is 0 Å². The lowest BCUT2D eigenvalue weighted by atomic mass is 10.0. The minimum absolute atomic E-state index is 0.0623. The summed E-state index contributed by atoms with van der Waals surface area (Å²) in [5.74, 6) is -1.78. The Morgan fingerprint density at radius 1 is 1.20 bits per heavy atom. The summed E-state index contributed by atoms with van der Waals surface area (Å²) < 4.78 is 51.1. The van der Waals surface area contributed by atoms with Gasteiger partial charge in [-0.25, -0.2) is 17.2 Å². The van der Waals surface area contributed by atoms with Crippen LogP contribution >= 0.6 is 11.6 Å². The zero-order valence-electron chi connectivity index (χ0n) is 13.1.